The lowest BCUT2D eigenvalue weighted by Gasteiger charge is -2.32. The zero-order chi connectivity index (χ0) is 15.0. The van der Waals surface area contributed by atoms with Gasteiger partial charge in [-0.2, -0.15) is 0 Å². The predicted molar refractivity (Wildman–Crippen MR) is 86.6 cm³/mol. The van der Waals surface area contributed by atoms with Gasteiger partial charge in [-0.15, -0.1) is 0 Å². The lowest BCUT2D eigenvalue weighted by atomic mass is 10.00. The van der Waals surface area contributed by atoms with E-state index >= 15 is 0 Å². The summed E-state index contributed by atoms with van der Waals surface area (Å²) in [5.74, 6) is 1.93. The Morgan fingerprint density at radius 3 is 2.95 bits per heavy atom. The van der Waals surface area contributed by atoms with Crippen molar-refractivity contribution in [1.29, 1.82) is 0 Å². The van der Waals surface area contributed by atoms with Crippen LogP contribution in [-0.2, 0) is 4.74 Å². The molecule has 0 saturated carbocycles. The van der Waals surface area contributed by atoms with E-state index in [1.54, 1.807) is 5.57 Å². The van der Waals surface area contributed by atoms with Crippen molar-refractivity contribution in [3.05, 3.63) is 23.0 Å². The molecule has 1 N–H and O–H groups in total. The maximum atomic E-state index is 6.26. The molecule has 0 unspecified atom stereocenters. The molecule has 0 fully saturated rings. The predicted octanol–water partition coefficient (Wildman–Crippen LogP) is 3.50. The molecule has 21 heavy (non-hydrogen) atoms. The van der Waals surface area contributed by atoms with E-state index < -0.39 is 0 Å². The first-order valence-corrected chi connectivity index (χ1v) is 8.63. The van der Waals surface area contributed by atoms with Crippen molar-refractivity contribution < 1.29 is 4.74 Å². The summed E-state index contributed by atoms with van der Waals surface area (Å²) in [7, 11) is 0. The van der Waals surface area contributed by atoms with Crippen LogP contribution in [0.2, 0.25) is 0 Å². The Bertz CT molecular complexity index is 452. The van der Waals surface area contributed by atoms with E-state index in [0.29, 0.717) is 11.8 Å². The number of hydrogen-bond donors (Lipinski definition) is 1. The normalized spacial score (nSPS) is 30.0. The fourth-order valence-corrected chi connectivity index (χ4v) is 4.24. The average Bonchev–Trinajstić information content (AvgIpc) is 3.14. The summed E-state index contributed by atoms with van der Waals surface area (Å²) in [6, 6.07) is 0. The van der Waals surface area contributed by atoms with Crippen LogP contribution in [0.4, 0.5) is 0 Å². The van der Waals surface area contributed by atoms with Crippen molar-refractivity contribution in [1.82, 2.24) is 10.2 Å². The summed E-state index contributed by atoms with van der Waals surface area (Å²) < 4.78 is 6.26. The first-order chi connectivity index (χ1) is 10.1. The summed E-state index contributed by atoms with van der Waals surface area (Å²) >= 11 is 0. The lowest BCUT2D eigenvalue weighted by Crippen LogP contribution is -2.35. The van der Waals surface area contributed by atoms with Crippen molar-refractivity contribution in [3.8, 4) is 0 Å². The van der Waals surface area contributed by atoms with E-state index in [-0.39, 0.29) is 6.23 Å². The highest BCUT2D eigenvalue weighted by Gasteiger charge is 2.34. The molecule has 0 aromatic heterocycles. The fraction of sp³-hybridized carbons (Fsp3) is 0.778. The third kappa shape index (κ3) is 2.85. The van der Waals surface area contributed by atoms with Crippen molar-refractivity contribution in [2.75, 3.05) is 19.7 Å². The summed E-state index contributed by atoms with van der Waals surface area (Å²) in [6.07, 6.45) is 6.24. The van der Waals surface area contributed by atoms with E-state index in [4.69, 9.17) is 4.74 Å². The molecule has 3 heteroatoms. The van der Waals surface area contributed by atoms with Crippen molar-refractivity contribution >= 4 is 0 Å². The third-order valence-corrected chi connectivity index (χ3v) is 5.32. The molecule has 3 rings (SSSR count). The minimum absolute atomic E-state index is 0.197. The molecule has 2 heterocycles. The molecular formula is C18H30N2O. The molecule has 3 aliphatic rings. The molecule has 0 spiro atoms. The van der Waals surface area contributed by atoms with Gasteiger partial charge in [-0.1, -0.05) is 26.8 Å². The summed E-state index contributed by atoms with van der Waals surface area (Å²) in [5, 5.41) is 3.59. The molecule has 0 bridgehead atoms. The molecular weight excluding hydrogens is 260 g/mol. The van der Waals surface area contributed by atoms with Gasteiger partial charge in [0.1, 0.15) is 6.23 Å². The zero-order valence-corrected chi connectivity index (χ0v) is 14.0. The second-order valence-corrected chi connectivity index (χ2v) is 7.15. The van der Waals surface area contributed by atoms with Gasteiger partial charge in [-0.25, -0.2) is 0 Å². The Hall–Kier alpha value is -0.960. The monoisotopic (exact) mass is 290 g/mol. The van der Waals surface area contributed by atoms with Gasteiger partial charge in [-0.05, 0) is 43.6 Å². The SMILES string of the molecule is CC(C)C1=CCCN1[C@@H](C)OC[C@@H]1C[C@H](C)C2=C1NCC2. The summed E-state index contributed by atoms with van der Waals surface area (Å²) in [6.45, 7) is 12.2. The van der Waals surface area contributed by atoms with Crippen LogP contribution in [-0.4, -0.2) is 30.8 Å². The van der Waals surface area contributed by atoms with E-state index in [0.717, 1.165) is 25.6 Å². The van der Waals surface area contributed by atoms with Gasteiger partial charge < -0.3 is 15.0 Å². The number of nitrogens with one attached hydrogen (secondary N) is 1. The van der Waals surface area contributed by atoms with Crippen LogP contribution in [0.25, 0.3) is 0 Å². The van der Waals surface area contributed by atoms with Gasteiger partial charge in [0.05, 0.1) is 6.61 Å². The Labute approximate surface area is 129 Å². The third-order valence-electron chi connectivity index (χ3n) is 5.32. The van der Waals surface area contributed by atoms with Crippen LogP contribution >= 0.6 is 0 Å². The van der Waals surface area contributed by atoms with Crippen LogP contribution in [0.3, 0.4) is 0 Å². The summed E-state index contributed by atoms with van der Waals surface area (Å²) in [5.41, 5.74) is 4.64. The van der Waals surface area contributed by atoms with Crippen molar-refractivity contribution in [3.63, 3.8) is 0 Å². The minimum Gasteiger partial charge on any atom is -0.388 e. The molecule has 3 nitrogen and oxygen atoms in total. The van der Waals surface area contributed by atoms with Crippen LogP contribution in [0.5, 0.6) is 0 Å². The number of hydrogen-bond acceptors (Lipinski definition) is 3. The van der Waals surface area contributed by atoms with E-state index in [1.165, 1.54) is 30.7 Å². The van der Waals surface area contributed by atoms with Crippen LogP contribution < -0.4 is 5.32 Å². The number of rotatable bonds is 5. The van der Waals surface area contributed by atoms with Gasteiger partial charge >= 0.3 is 0 Å². The molecule has 0 amide bonds. The molecule has 0 aromatic carbocycles. The van der Waals surface area contributed by atoms with E-state index in [1.807, 2.05) is 0 Å². The minimum atomic E-state index is 0.197. The molecule has 118 valence electrons. The fourth-order valence-electron chi connectivity index (χ4n) is 4.24. The topological polar surface area (TPSA) is 24.5 Å². The van der Waals surface area contributed by atoms with Crippen LogP contribution in [0.1, 0.15) is 47.0 Å². The molecule has 0 aromatic rings. The van der Waals surface area contributed by atoms with Gasteiger partial charge in [0.15, 0.2) is 0 Å². The second kappa shape index (κ2) is 6.04. The number of nitrogens with zero attached hydrogens (tertiary/aromatic N) is 1. The van der Waals surface area contributed by atoms with Crippen molar-refractivity contribution in [2.45, 2.75) is 53.2 Å². The molecule has 0 saturated heterocycles. The zero-order valence-electron chi connectivity index (χ0n) is 14.0. The molecule has 1 aliphatic carbocycles. The quantitative estimate of drug-likeness (QED) is 0.838. The maximum Gasteiger partial charge on any atom is 0.127 e. The molecule has 0 radical (unpaired) electrons. The smallest absolute Gasteiger partial charge is 0.127 e. The largest absolute Gasteiger partial charge is 0.388 e. The van der Waals surface area contributed by atoms with Crippen molar-refractivity contribution in [2.24, 2.45) is 17.8 Å². The standard InChI is InChI=1S/C18H30N2O/c1-12(2)17-6-5-9-20(17)14(4)21-11-15-10-13(3)16-7-8-19-18(15)16/h6,12-15,19H,5,7-11H2,1-4H3/t13-,14+,15-/m0/s1. The first-order valence-electron chi connectivity index (χ1n) is 8.63. The van der Waals surface area contributed by atoms with Crippen LogP contribution in [0.15, 0.2) is 23.0 Å². The van der Waals surface area contributed by atoms with Crippen LogP contribution in [0, 0.1) is 17.8 Å². The number of ether oxygens (including phenoxy) is 1. The van der Waals surface area contributed by atoms with Gasteiger partial charge in [0, 0.05) is 30.4 Å². The molecule has 3 atom stereocenters. The lowest BCUT2D eigenvalue weighted by molar-refractivity contribution is -0.0409. The Kier molecular flexibility index (Phi) is 4.30. The van der Waals surface area contributed by atoms with E-state index in [2.05, 4.69) is 44.0 Å². The Morgan fingerprint density at radius 2 is 2.19 bits per heavy atom. The van der Waals surface area contributed by atoms with Gasteiger partial charge in [0.2, 0.25) is 0 Å². The maximum absolute atomic E-state index is 6.26. The highest BCUT2D eigenvalue weighted by molar-refractivity contribution is 5.28. The first kappa shape index (κ1) is 15.0. The Morgan fingerprint density at radius 1 is 1.38 bits per heavy atom. The average molecular weight is 290 g/mol. The molecule has 2 aliphatic heterocycles. The van der Waals surface area contributed by atoms with E-state index in [9.17, 15) is 0 Å². The highest BCUT2D eigenvalue weighted by Crippen LogP contribution is 2.40. The highest BCUT2D eigenvalue weighted by atomic mass is 16.5. The second-order valence-electron chi connectivity index (χ2n) is 7.15. The number of allylic oxidation sites excluding steroid dienone is 1. The Balaban J connectivity index is 1.55. The summed E-state index contributed by atoms with van der Waals surface area (Å²) in [4.78, 5) is 2.44. The van der Waals surface area contributed by atoms with Gasteiger partial charge in [-0.3, -0.25) is 0 Å². The van der Waals surface area contributed by atoms with Gasteiger partial charge in [0.25, 0.3) is 0 Å².